The molecule has 0 unspecified atom stereocenters. The number of hydrogen-bond donors (Lipinski definition) is 0. The molecular weight excluding hydrogens is 272 g/mol. The molecule has 0 radical (unpaired) electrons. The first-order valence-corrected chi connectivity index (χ1v) is 7.91. The van der Waals surface area contributed by atoms with Crippen LogP contribution in [0.4, 0.5) is 0 Å². The highest BCUT2D eigenvalue weighted by atomic mass is 15.2. The quantitative estimate of drug-likeness (QED) is 0.698. The van der Waals surface area contributed by atoms with Crippen molar-refractivity contribution >= 4 is 11.0 Å². The van der Waals surface area contributed by atoms with Crippen molar-refractivity contribution in [1.82, 2.24) is 19.4 Å². The number of fused-ring (bicyclic) bond motifs is 1. The van der Waals surface area contributed by atoms with Gasteiger partial charge in [-0.25, -0.2) is 4.98 Å². The predicted octanol–water partition coefficient (Wildman–Crippen LogP) is 3.44. The minimum absolute atomic E-state index is 0.944. The van der Waals surface area contributed by atoms with E-state index in [0.717, 1.165) is 43.1 Å². The zero-order valence-corrected chi connectivity index (χ0v) is 13.2. The van der Waals surface area contributed by atoms with Crippen LogP contribution in [0.1, 0.15) is 13.8 Å². The smallest absolute Gasteiger partial charge is 0.141 e. The molecule has 0 amide bonds. The molecule has 0 bridgehead atoms. The van der Waals surface area contributed by atoms with Crippen LogP contribution < -0.4 is 0 Å². The molecule has 0 saturated heterocycles. The Hall–Kier alpha value is -2.20. The van der Waals surface area contributed by atoms with E-state index in [1.54, 1.807) is 0 Å². The SMILES string of the molecule is CCN(CC)CCn1c(-c2ccncc2)nc2ccccc21. The molecular formula is C18H22N4. The largest absolute Gasteiger partial charge is 0.323 e. The van der Waals surface area contributed by atoms with Gasteiger partial charge in [-0.1, -0.05) is 26.0 Å². The Labute approximate surface area is 131 Å². The molecule has 0 fully saturated rings. The maximum absolute atomic E-state index is 4.83. The zero-order chi connectivity index (χ0) is 15.4. The van der Waals surface area contributed by atoms with Crippen molar-refractivity contribution in [1.29, 1.82) is 0 Å². The fourth-order valence-electron chi connectivity index (χ4n) is 2.80. The van der Waals surface area contributed by atoms with E-state index in [1.165, 1.54) is 5.52 Å². The van der Waals surface area contributed by atoms with Gasteiger partial charge in [-0.3, -0.25) is 4.98 Å². The van der Waals surface area contributed by atoms with Crippen molar-refractivity contribution in [3.05, 3.63) is 48.8 Å². The van der Waals surface area contributed by atoms with Crippen LogP contribution in [-0.4, -0.2) is 39.1 Å². The molecule has 0 N–H and O–H groups in total. The lowest BCUT2D eigenvalue weighted by Gasteiger charge is -2.19. The van der Waals surface area contributed by atoms with E-state index < -0.39 is 0 Å². The van der Waals surface area contributed by atoms with Crippen molar-refractivity contribution in [2.24, 2.45) is 0 Å². The number of rotatable bonds is 6. The molecule has 0 aliphatic heterocycles. The maximum Gasteiger partial charge on any atom is 0.141 e. The molecule has 4 heteroatoms. The number of likely N-dealkylation sites (N-methyl/N-ethyl adjacent to an activating group) is 1. The Bertz CT molecular complexity index is 729. The van der Waals surface area contributed by atoms with Gasteiger partial charge in [0.1, 0.15) is 5.82 Å². The van der Waals surface area contributed by atoms with E-state index in [0.29, 0.717) is 0 Å². The van der Waals surface area contributed by atoms with E-state index in [9.17, 15) is 0 Å². The molecule has 0 aliphatic carbocycles. The molecule has 114 valence electrons. The predicted molar refractivity (Wildman–Crippen MR) is 90.8 cm³/mol. The number of nitrogens with zero attached hydrogens (tertiary/aromatic N) is 4. The van der Waals surface area contributed by atoms with Crippen LogP contribution in [-0.2, 0) is 6.54 Å². The lowest BCUT2D eigenvalue weighted by atomic mass is 10.2. The third kappa shape index (κ3) is 2.88. The van der Waals surface area contributed by atoms with Crippen molar-refractivity contribution in [3.8, 4) is 11.4 Å². The summed E-state index contributed by atoms with van der Waals surface area (Å²) >= 11 is 0. The number of aromatic nitrogens is 3. The van der Waals surface area contributed by atoms with Crippen molar-refractivity contribution in [2.45, 2.75) is 20.4 Å². The minimum atomic E-state index is 0.944. The standard InChI is InChI=1S/C18H22N4/c1-3-21(4-2)13-14-22-17-8-6-5-7-16(17)20-18(22)15-9-11-19-12-10-15/h5-12H,3-4,13-14H2,1-2H3. The van der Waals surface area contributed by atoms with E-state index in [-0.39, 0.29) is 0 Å². The second-order valence-corrected chi connectivity index (χ2v) is 5.34. The van der Waals surface area contributed by atoms with Gasteiger partial charge in [0.25, 0.3) is 0 Å². The van der Waals surface area contributed by atoms with Gasteiger partial charge < -0.3 is 9.47 Å². The number of para-hydroxylation sites is 2. The molecule has 0 aliphatic rings. The highest BCUT2D eigenvalue weighted by Crippen LogP contribution is 2.24. The van der Waals surface area contributed by atoms with E-state index in [4.69, 9.17) is 4.98 Å². The molecule has 0 saturated carbocycles. The van der Waals surface area contributed by atoms with Gasteiger partial charge in [0, 0.05) is 31.0 Å². The van der Waals surface area contributed by atoms with Crippen molar-refractivity contribution in [2.75, 3.05) is 19.6 Å². The maximum atomic E-state index is 4.83. The average Bonchev–Trinajstić information content (AvgIpc) is 2.95. The Kier molecular flexibility index (Phi) is 4.49. The normalized spacial score (nSPS) is 11.4. The monoisotopic (exact) mass is 294 g/mol. The Balaban J connectivity index is 2.02. The molecule has 2 aromatic heterocycles. The van der Waals surface area contributed by atoms with Crippen LogP contribution in [0.2, 0.25) is 0 Å². The number of pyridine rings is 1. The highest BCUT2D eigenvalue weighted by Gasteiger charge is 2.12. The molecule has 1 aromatic carbocycles. The Morgan fingerprint density at radius 2 is 1.73 bits per heavy atom. The molecule has 3 aromatic rings. The number of imidazole rings is 1. The van der Waals surface area contributed by atoms with Crippen LogP contribution in [0.25, 0.3) is 22.4 Å². The summed E-state index contributed by atoms with van der Waals surface area (Å²) in [5.74, 6) is 1.02. The molecule has 22 heavy (non-hydrogen) atoms. The highest BCUT2D eigenvalue weighted by molar-refractivity contribution is 5.80. The summed E-state index contributed by atoms with van der Waals surface area (Å²) < 4.78 is 2.32. The summed E-state index contributed by atoms with van der Waals surface area (Å²) in [4.78, 5) is 11.4. The Morgan fingerprint density at radius 1 is 1.00 bits per heavy atom. The van der Waals surface area contributed by atoms with Gasteiger partial charge in [-0.15, -0.1) is 0 Å². The summed E-state index contributed by atoms with van der Waals surface area (Å²) in [5, 5.41) is 0. The lowest BCUT2D eigenvalue weighted by molar-refractivity contribution is 0.292. The second-order valence-electron chi connectivity index (χ2n) is 5.34. The van der Waals surface area contributed by atoms with Gasteiger partial charge in [0.2, 0.25) is 0 Å². The lowest BCUT2D eigenvalue weighted by Crippen LogP contribution is -2.27. The van der Waals surface area contributed by atoms with Gasteiger partial charge in [0.05, 0.1) is 11.0 Å². The van der Waals surface area contributed by atoms with Gasteiger partial charge in [-0.05, 0) is 37.4 Å². The molecule has 2 heterocycles. The first-order valence-electron chi connectivity index (χ1n) is 7.91. The zero-order valence-electron chi connectivity index (χ0n) is 13.2. The molecule has 0 atom stereocenters. The van der Waals surface area contributed by atoms with Gasteiger partial charge >= 0.3 is 0 Å². The van der Waals surface area contributed by atoms with Crippen LogP contribution in [0, 0.1) is 0 Å². The first kappa shape index (κ1) is 14.7. The summed E-state index contributed by atoms with van der Waals surface area (Å²) in [6.07, 6.45) is 3.65. The fourth-order valence-corrected chi connectivity index (χ4v) is 2.80. The number of hydrogen-bond acceptors (Lipinski definition) is 3. The fraction of sp³-hybridized carbons (Fsp3) is 0.333. The Morgan fingerprint density at radius 3 is 2.45 bits per heavy atom. The number of benzene rings is 1. The summed E-state index contributed by atoms with van der Waals surface area (Å²) in [7, 11) is 0. The first-order chi connectivity index (χ1) is 10.8. The van der Waals surface area contributed by atoms with E-state index in [1.807, 2.05) is 30.6 Å². The summed E-state index contributed by atoms with van der Waals surface area (Å²) in [5.41, 5.74) is 3.36. The average molecular weight is 294 g/mol. The summed E-state index contributed by atoms with van der Waals surface area (Å²) in [6, 6.07) is 12.4. The molecule has 0 spiro atoms. The van der Waals surface area contributed by atoms with Crippen LogP contribution in [0.3, 0.4) is 0 Å². The van der Waals surface area contributed by atoms with E-state index >= 15 is 0 Å². The van der Waals surface area contributed by atoms with Crippen LogP contribution in [0.15, 0.2) is 48.8 Å². The summed E-state index contributed by atoms with van der Waals surface area (Å²) in [6.45, 7) is 8.55. The third-order valence-corrected chi connectivity index (χ3v) is 4.13. The van der Waals surface area contributed by atoms with Crippen LogP contribution in [0.5, 0.6) is 0 Å². The minimum Gasteiger partial charge on any atom is -0.323 e. The second kappa shape index (κ2) is 6.71. The molecule has 3 rings (SSSR count). The van der Waals surface area contributed by atoms with Gasteiger partial charge in [-0.2, -0.15) is 0 Å². The molecule has 4 nitrogen and oxygen atoms in total. The van der Waals surface area contributed by atoms with E-state index in [2.05, 4.69) is 46.5 Å². The van der Waals surface area contributed by atoms with Gasteiger partial charge in [0.15, 0.2) is 0 Å². The van der Waals surface area contributed by atoms with Crippen LogP contribution >= 0.6 is 0 Å². The van der Waals surface area contributed by atoms with Crippen molar-refractivity contribution in [3.63, 3.8) is 0 Å². The third-order valence-electron chi connectivity index (χ3n) is 4.13. The van der Waals surface area contributed by atoms with Crippen molar-refractivity contribution < 1.29 is 0 Å². The topological polar surface area (TPSA) is 34.0 Å².